The summed E-state index contributed by atoms with van der Waals surface area (Å²) in [4.78, 5) is 1.82. The molecule has 154 valence electrons. The van der Waals surface area contributed by atoms with Gasteiger partial charge < -0.3 is 4.90 Å². The molecule has 1 fully saturated rings. The van der Waals surface area contributed by atoms with Crippen molar-refractivity contribution in [3.63, 3.8) is 0 Å². The average Bonchev–Trinajstić information content (AvgIpc) is 3.09. The van der Waals surface area contributed by atoms with E-state index in [1.165, 1.54) is 0 Å². The minimum Gasteiger partial charge on any atom is -0.303 e. The number of anilines is 1. The normalized spacial score (nSPS) is 17.4. The van der Waals surface area contributed by atoms with Crippen LogP contribution >= 0.6 is 28.3 Å². The Kier molecular flexibility index (Phi) is 7.84. The fourth-order valence-corrected chi connectivity index (χ4v) is 4.99. The van der Waals surface area contributed by atoms with Gasteiger partial charge in [0.2, 0.25) is 0 Å². The van der Waals surface area contributed by atoms with Gasteiger partial charge in [-0.3, -0.25) is 4.72 Å². The average molecular weight is 496 g/mol. The second-order valence-corrected chi connectivity index (χ2v) is 9.13. The van der Waals surface area contributed by atoms with Gasteiger partial charge in [0.15, 0.2) is 5.82 Å². The first-order valence-electron chi connectivity index (χ1n) is 8.80. The van der Waals surface area contributed by atoms with Crippen LogP contribution in [0.3, 0.4) is 0 Å². The molecule has 0 radical (unpaired) electrons. The summed E-state index contributed by atoms with van der Waals surface area (Å²) in [6, 6.07) is 8.96. The van der Waals surface area contributed by atoms with Crippen LogP contribution in [0.2, 0.25) is 0 Å². The molecule has 2 aromatic carbocycles. The number of hydrogen-bond acceptors (Lipinski definition) is 3. The molecule has 1 aliphatic rings. The lowest BCUT2D eigenvalue weighted by atomic mass is 9.98. The molecule has 1 heterocycles. The quantitative estimate of drug-likeness (QED) is 0.564. The molecule has 0 unspecified atom stereocenters. The van der Waals surface area contributed by atoms with E-state index in [0.29, 0.717) is 11.6 Å². The third-order valence-electron chi connectivity index (χ3n) is 4.74. The first-order valence-corrected chi connectivity index (χ1v) is 11.1. The van der Waals surface area contributed by atoms with Crippen LogP contribution in [0.4, 0.5) is 14.5 Å². The molecule has 1 N–H and O–H groups in total. The highest BCUT2D eigenvalue weighted by Crippen LogP contribution is 2.30. The molecule has 2 aromatic rings. The maximum absolute atomic E-state index is 14.1. The Morgan fingerprint density at radius 2 is 1.86 bits per heavy atom. The predicted molar refractivity (Wildman–Crippen MR) is 113 cm³/mol. The van der Waals surface area contributed by atoms with Crippen LogP contribution in [0.25, 0.3) is 0 Å². The number of nitrogens with zero attached hydrogens (tertiary/aromatic N) is 1. The maximum Gasteiger partial charge on any atom is 0.264 e. The molecular formula is C19H22BrClF2N2O2S. The summed E-state index contributed by atoms with van der Waals surface area (Å²) >= 11 is 2.72. The van der Waals surface area contributed by atoms with E-state index in [1.54, 1.807) is 12.1 Å². The molecule has 28 heavy (non-hydrogen) atoms. The van der Waals surface area contributed by atoms with Crippen molar-refractivity contribution in [3.05, 3.63) is 58.1 Å². The monoisotopic (exact) mass is 494 g/mol. The van der Waals surface area contributed by atoms with Gasteiger partial charge in [-0.2, -0.15) is 0 Å². The van der Waals surface area contributed by atoms with Gasteiger partial charge in [-0.25, -0.2) is 17.2 Å². The third-order valence-corrected chi connectivity index (χ3v) is 6.86. The molecule has 0 spiro atoms. The molecule has 0 aromatic heterocycles. The van der Waals surface area contributed by atoms with E-state index in [0.717, 1.165) is 50.2 Å². The smallest absolute Gasteiger partial charge is 0.264 e. The Labute approximate surface area is 178 Å². The van der Waals surface area contributed by atoms with Crippen molar-refractivity contribution < 1.29 is 17.2 Å². The summed E-state index contributed by atoms with van der Waals surface area (Å²) in [5.41, 5.74) is 1.49. The highest BCUT2D eigenvalue weighted by molar-refractivity contribution is 9.10. The van der Waals surface area contributed by atoms with E-state index < -0.39 is 31.0 Å². The topological polar surface area (TPSA) is 49.4 Å². The molecule has 1 atom stereocenters. The van der Waals surface area contributed by atoms with E-state index in [4.69, 9.17) is 0 Å². The Bertz CT molecular complexity index is 926. The lowest BCUT2D eigenvalue weighted by molar-refractivity contribution is 0.335. The van der Waals surface area contributed by atoms with Crippen molar-refractivity contribution in [1.82, 2.24) is 4.90 Å². The van der Waals surface area contributed by atoms with Crippen LogP contribution in [-0.2, 0) is 10.0 Å². The number of sulfonamides is 1. The minimum absolute atomic E-state index is 0. The summed E-state index contributed by atoms with van der Waals surface area (Å²) in [6.07, 6.45) is 2.21. The number of nitrogens with one attached hydrogen (secondary N) is 1. The maximum atomic E-state index is 14.1. The van der Waals surface area contributed by atoms with Crippen LogP contribution < -0.4 is 4.72 Å². The first kappa shape index (κ1) is 23.1. The molecule has 4 nitrogen and oxygen atoms in total. The Morgan fingerprint density at radius 3 is 2.50 bits per heavy atom. The molecule has 0 amide bonds. The SMILES string of the molecule is CCCN1CC[C@@H](c2ccc(NS(=O)(=O)c3ccc(F)c(Br)c3F)cc2)C1.Cl. The Hall–Kier alpha value is -1.22. The fourth-order valence-electron chi connectivity index (χ4n) is 3.37. The number of hydrogen-bond donors (Lipinski definition) is 1. The van der Waals surface area contributed by atoms with Gasteiger partial charge in [0.25, 0.3) is 10.0 Å². The van der Waals surface area contributed by atoms with Crippen molar-refractivity contribution in [2.45, 2.75) is 30.6 Å². The van der Waals surface area contributed by atoms with Gasteiger partial charge in [0.1, 0.15) is 10.7 Å². The van der Waals surface area contributed by atoms with Crippen molar-refractivity contribution >= 4 is 44.0 Å². The van der Waals surface area contributed by atoms with Gasteiger partial charge in [-0.15, -0.1) is 12.4 Å². The lowest BCUT2D eigenvalue weighted by Crippen LogP contribution is -2.20. The lowest BCUT2D eigenvalue weighted by Gasteiger charge is -2.15. The summed E-state index contributed by atoms with van der Waals surface area (Å²) in [5.74, 6) is -1.57. The molecule has 0 saturated carbocycles. The number of rotatable bonds is 6. The van der Waals surface area contributed by atoms with Gasteiger partial charge in [-0.05, 0) is 77.6 Å². The summed E-state index contributed by atoms with van der Waals surface area (Å²) in [7, 11) is -4.16. The summed E-state index contributed by atoms with van der Waals surface area (Å²) in [5, 5.41) is 0. The molecule has 0 aliphatic carbocycles. The number of halogens is 4. The largest absolute Gasteiger partial charge is 0.303 e. The fraction of sp³-hybridized carbons (Fsp3) is 0.368. The van der Waals surface area contributed by atoms with Crippen molar-refractivity contribution in [1.29, 1.82) is 0 Å². The minimum atomic E-state index is -4.16. The molecule has 3 rings (SSSR count). The van der Waals surface area contributed by atoms with Crippen LogP contribution in [0.15, 0.2) is 45.8 Å². The highest BCUT2D eigenvalue weighted by atomic mass is 79.9. The number of benzene rings is 2. The van der Waals surface area contributed by atoms with Gasteiger partial charge in [-0.1, -0.05) is 19.1 Å². The van der Waals surface area contributed by atoms with E-state index >= 15 is 0 Å². The van der Waals surface area contributed by atoms with Crippen molar-refractivity contribution in [2.75, 3.05) is 24.4 Å². The first-order chi connectivity index (χ1) is 12.8. The molecule has 0 bridgehead atoms. The summed E-state index contributed by atoms with van der Waals surface area (Å²) < 4.78 is 54.2. The van der Waals surface area contributed by atoms with Crippen molar-refractivity contribution in [2.24, 2.45) is 0 Å². The zero-order valence-corrected chi connectivity index (χ0v) is 18.5. The highest BCUT2D eigenvalue weighted by Gasteiger charge is 2.25. The summed E-state index contributed by atoms with van der Waals surface area (Å²) in [6.45, 7) is 5.34. The molecule has 1 saturated heterocycles. The van der Waals surface area contributed by atoms with E-state index in [9.17, 15) is 17.2 Å². The van der Waals surface area contributed by atoms with E-state index in [-0.39, 0.29) is 12.4 Å². The Balaban J connectivity index is 0.00000280. The third kappa shape index (κ3) is 5.03. The second kappa shape index (κ2) is 9.52. The van der Waals surface area contributed by atoms with Gasteiger partial charge in [0, 0.05) is 12.2 Å². The van der Waals surface area contributed by atoms with E-state index in [2.05, 4.69) is 32.5 Å². The zero-order valence-electron chi connectivity index (χ0n) is 15.3. The van der Waals surface area contributed by atoms with Gasteiger partial charge in [0.05, 0.1) is 4.47 Å². The van der Waals surface area contributed by atoms with Crippen molar-refractivity contribution in [3.8, 4) is 0 Å². The standard InChI is InChI=1S/C19H21BrF2N2O2S.ClH/c1-2-10-24-11-9-14(12-24)13-3-5-15(6-4-13)23-27(25,26)17-8-7-16(21)18(20)19(17)22;/h3-8,14,23H,2,9-12H2,1H3;1H/t14-;/m1./s1. The second-order valence-electron chi connectivity index (χ2n) is 6.69. The van der Waals surface area contributed by atoms with Crippen LogP contribution in [-0.4, -0.2) is 33.0 Å². The Morgan fingerprint density at radius 1 is 1.18 bits per heavy atom. The molecular weight excluding hydrogens is 474 g/mol. The number of likely N-dealkylation sites (tertiary alicyclic amines) is 1. The predicted octanol–water partition coefficient (Wildman–Crippen LogP) is 5.15. The molecule has 1 aliphatic heterocycles. The van der Waals surface area contributed by atoms with Crippen LogP contribution in [0.5, 0.6) is 0 Å². The zero-order chi connectivity index (χ0) is 19.6. The van der Waals surface area contributed by atoms with E-state index in [1.807, 2.05) is 12.1 Å². The molecule has 9 heteroatoms. The van der Waals surface area contributed by atoms with Gasteiger partial charge >= 0.3 is 0 Å². The van der Waals surface area contributed by atoms with Crippen LogP contribution in [0, 0.1) is 11.6 Å². The van der Waals surface area contributed by atoms with Crippen LogP contribution in [0.1, 0.15) is 31.2 Å².